The Morgan fingerprint density at radius 2 is 1.40 bits per heavy atom. The van der Waals surface area contributed by atoms with E-state index in [1.807, 2.05) is 12.2 Å². The lowest BCUT2D eigenvalue weighted by atomic mass is 10.1. The standard InChI is InChI=1S/C36H51N3O6/c1-2-3-4-5-6-7-8-9-10-11-12-13-14-15-16-17-18-19-20-25-34(42)38-27-22-24-33(36(44)45-32(29-40)30-41)39-35(43)31-23-21-26-37-28-31/h3-4,6-7,9-10,12-13,15-16,18-19,21,23,26,28,32-33,40-41H,2,5,8,11,14,17,20,22,24-25,27,29-30H2,1H3,(H,38,42)(H,39,43)/b4-3-,7-6-,10-9-,13-12-,16-15-,19-18-/t33-/m0/s1. The molecule has 0 aliphatic rings. The molecule has 1 heterocycles. The van der Waals surface area contributed by atoms with Crippen LogP contribution in [0.25, 0.3) is 0 Å². The zero-order valence-corrected chi connectivity index (χ0v) is 26.6. The van der Waals surface area contributed by atoms with Gasteiger partial charge in [0, 0.05) is 25.4 Å². The zero-order valence-electron chi connectivity index (χ0n) is 26.6. The molecule has 0 unspecified atom stereocenters. The second-order valence-corrected chi connectivity index (χ2v) is 10.1. The largest absolute Gasteiger partial charge is 0.456 e. The smallest absolute Gasteiger partial charge is 0.329 e. The maximum Gasteiger partial charge on any atom is 0.329 e. The minimum atomic E-state index is -1.08. The number of hydrogen-bond acceptors (Lipinski definition) is 7. The van der Waals surface area contributed by atoms with E-state index in [2.05, 4.69) is 83.3 Å². The molecule has 0 bridgehead atoms. The van der Waals surface area contributed by atoms with Crippen LogP contribution in [0.2, 0.25) is 0 Å². The van der Waals surface area contributed by atoms with Crippen LogP contribution < -0.4 is 10.6 Å². The molecule has 9 heteroatoms. The number of allylic oxidation sites excluding steroid dienone is 12. The number of aliphatic hydroxyl groups is 2. The van der Waals surface area contributed by atoms with Crippen molar-refractivity contribution in [3.05, 3.63) is 103 Å². The molecule has 9 nitrogen and oxygen atoms in total. The number of nitrogens with one attached hydrogen (secondary N) is 2. The van der Waals surface area contributed by atoms with Gasteiger partial charge in [0.15, 0.2) is 0 Å². The third-order valence-corrected chi connectivity index (χ3v) is 6.33. The van der Waals surface area contributed by atoms with Crippen molar-refractivity contribution in [3.8, 4) is 0 Å². The predicted molar refractivity (Wildman–Crippen MR) is 179 cm³/mol. The van der Waals surface area contributed by atoms with Crippen molar-refractivity contribution >= 4 is 17.8 Å². The van der Waals surface area contributed by atoms with Crippen molar-refractivity contribution in [2.24, 2.45) is 0 Å². The average molecular weight is 622 g/mol. The zero-order chi connectivity index (χ0) is 32.8. The van der Waals surface area contributed by atoms with Crippen LogP contribution in [0.4, 0.5) is 0 Å². The van der Waals surface area contributed by atoms with Crippen LogP contribution in [0.5, 0.6) is 0 Å². The Morgan fingerprint density at radius 3 is 1.91 bits per heavy atom. The van der Waals surface area contributed by atoms with E-state index >= 15 is 0 Å². The van der Waals surface area contributed by atoms with Crippen molar-refractivity contribution < 1.29 is 29.3 Å². The number of carbonyl (C=O) groups excluding carboxylic acids is 3. The molecule has 0 saturated heterocycles. The van der Waals surface area contributed by atoms with E-state index in [1.165, 1.54) is 12.4 Å². The number of nitrogens with zero attached hydrogens (tertiary/aromatic N) is 1. The second kappa shape index (κ2) is 27.5. The van der Waals surface area contributed by atoms with Gasteiger partial charge < -0.3 is 25.6 Å². The number of carbonyl (C=O) groups is 3. The summed E-state index contributed by atoms with van der Waals surface area (Å²) in [5.41, 5.74) is 0.277. The third kappa shape index (κ3) is 21.3. The van der Waals surface area contributed by atoms with Crippen LogP contribution in [-0.4, -0.2) is 64.9 Å². The average Bonchev–Trinajstić information content (AvgIpc) is 3.06. The number of hydrogen-bond donors (Lipinski definition) is 4. The lowest BCUT2D eigenvalue weighted by molar-refractivity contribution is -0.155. The molecule has 0 saturated carbocycles. The number of aliphatic hydroxyl groups excluding tert-OH is 2. The molecule has 0 radical (unpaired) electrons. The monoisotopic (exact) mass is 621 g/mol. The van der Waals surface area contributed by atoms with Gasteiger partial charge in [-0.2, -0.15) is 0 Å². The van der Waals surface area contributed by atoms with Gasteiger partial charge in [-0.15, -0.1) is 0 Å². The number of amides is 2. The quantitative estimate of drug-likeness (QED) is 0.0684. The van der Waals surface area contributed by atoms with E-state index < -0.39 is 37.2 Å². The van der Waals surface area contributed by atoms with Gasteiger partial charge in [0.1, 0.15) is 12.1 Å². The Labute approximate surface area is 268 Å². The number of esters is 1. The summed E-state index contributed by atoms with van der Waals surface area (Å²) in [5.74, 6) is -1.38. The first-order chi connectivity index (χ1) is 22.0. The van der Waals surface area contributed by atoms with Crippen LogP contribution in [0.3, 0.4) is 0 Å². The Balaban J connectivity index is 2.24. The Morgan fingerprint density at radius 1 is 0.844 bits per heavy atom. The molecular formula is C36H51N3O6. The predicted octanol–water partition coefficient (Wildman–Crippen LogP) is 5.45. The molecule has 1 rings (SSSR count). The van der Waals surface area contributed by atoms with Crippen molar-refractivity contribution in [1.29, 1.82) is 0 Å². The molecule has 0 fully saturated rings. The highest BCUT2D eigenvalue weighted by molar-refractivity contribution is 5.96. The molecule has 0 aliphatic heterocycles. The van der Waals surface area contributed by atoms with Crippen molar-refractivity contribution in [3.63, 3.8) is 0 Å². The summed E-state index contributed by atoms with van der Waals surface area (Å²) >= 11 is 0. The fourth-order valence-corrected chi connectivity index (χ4v) is 3.84. The molecule has 2 amide bonds. The van der Waals surface area contributed by atoms with E-state index in [-0.39, 0.29) is 17.9 Å². The summed E-state index contributed by atoms with van der Waals surface area (Å²) in [6, 6.07) is 2.15. The summed E-state index contributed by atoms with van der Waals surface area (Å²) in [6.45, 7) is 1.37. The van der Waals surface area contributed by atoms with Gasteiger partial charge in [-0.25, -0.2) is 4.79 Å². The highest BCUT2D eigenvalue weighted by Gasteiger charge is 2.25. The summed E-state index contributed by atoms with van der Waals surface area (Å²) in [4.78, 5) is 41.2. The highest BCUT2D eigenvalue weighted by atomic mass is 16.6. The molecule has 1 atom stereocenters. The Bertz CT molecular complexity index is 1120. The molecule has 0 aliphatic carbocycles. The van der Waals surface area contributed by atoms with Crippen LogP contribution in [0.15, 0.2) is 97.4 Å². The maximum atomic E-state index is 12.6. The van der Waals surface area contributed by atoms with Crippen LogP contribution in [-0.2, 0) is 14.3 Å². The van der Waals surface area contributed by atoms with Crippen molar-refractivity contribution in [2.45, 2.75) is 83.3 Å². The first-order valence-electron chi connectivity index (χ1n) is 15.8. The van der Waals surface area contributed by atoms with E-state index in [0.29, 0.717) is 25.8 Å². The van der Waals surface area contributed by atoms with Gasteiger partial charge in [-0.1, -0.05) is 79.8 Å². The van der Waals surface area contributed by atoms with Crippen molar-refractivity contribution in [2.75, 3.05) is 19.8 Å². The highest BCUT2D eigenvalue weighted by Crippen LogP contribution is 2.06. The minimum absolute atomic E-state index is 0.103. The number of rotatable bonds is 24. The summed E-state index contributed by atoms with van der Waals surface area (Å²) in [6.07, 6.45) is 34.8. The SMILES string of the molecule is CC/C=C\C/C=C\C/C=C\C/C=C\C/C=C\C/C=C\CCC(=O)NCCC[C@H](NC(=O)c1cccnc1)C(=O)OC(CO)CO. The molecule has 4 N–H and O–H groups in total. The lowest BCUT2D eigenvalue weighted by Crippen LogP contribution is -2.44. The van der Waals surface area contributed by atoms with E-state index in [1.54, 1.807) is 12.1 Å². The first kappa shape index (κ1) is 38.9. The van der Waals surface area contributed by atoms with Crippen LogP contribution in [0, 0.1) is 0 Å². The van der Waals surface area contributed by atoms with Crippen LogP contribution >= 0.6 is 0 Å². The number of pyridine rings is 1. The van der Waals surface area contributed by atoms with E-state index in [0.717, 1.165) is 38.5 Å². The van der Waals surface area contributed by atoms with Gasteiger partial charge >= 0.3 is 5.97 Å². The summed E-state index contributed by atoms with van der Waals surface area (Å²) < 4.78 is 5.10. The van der Waals surface area contributed by atoms with E-state index in [9.17, 15) is 24.6 Å². The van der Waals surface area contributed by atoms with Crippen molar-refractivity contribution in [1.82, 2.24) is 15.6 Å². The summed E-state index contributed by atoms with van der Waals surface area (Å²) in [5, 5.41) is 23.9. The van der Waals surface area contributed by atoms with Gasteiger partial charge in [0.25, 0.3) is 5.91 Å². The van der Waals surface area contributed by atoms with Gasteiger partial charge in [-0.05, 0) is 69.9 Å². The molecule has 1 aromatic rings. The Hall–Kier alpha value is -4.08. The second-order valence-electron chi connectivity index (χ2n) is 10.1. The molecule has 1 aromatic heterocycles. The number of aromatic nitrogens is 1. The molecule has 0 aromatic carbocycles. The lowest BCUT2D eigenvalue weighted by Gasteiger charge is -2.20. The fourth-order valence-electron chi connectivity index (χ4n) is 3.84. The molecule has 246 valence electrons. The first-order valence-corrected chi connectivity index (χ1v) is 15.8. The summed E-state index contributed by atoms with van der Waals surface area (Å²) in [7, 11) is 0. The topological polar surface area (TPSA) is 138 Å². The van der Waals surface area contributed by atoms with Gasteiger partial charge in [0.2, 0.25) is 5.91 Å². The Kier molecular flexibility index (Phi) is 23.8. The van der Waals surface area contributed by atoms with Gasteiger partial charge in [0.05, 0.1) is 18.8 Å². The molecular weight excluding hydrogens is 570 g/mol. The minimum Gasteiger partial charge on any atom is -0.456 e. The maximum absolute atomic E-state index is 12.6. The van der Waals surface area contributed by atoms with Crippen LogP contribution in [0.1, 0.15) is 81.5 Å². The molecule has 0 spiro atoms. The van der Waals surface area contributed by atoms with E-state index in [4.69, 9.17) is 4.74 Å². The fraction of sp³-hybridized carbons (Fsp3) is 0.444. The van der Waals surface area contributed by atoms with Gasteiger partial charge in [-0.3, -0.25) is 14.6 Å². The normalized spacial score (nSPS) is 12.9. The number of ether oxygens (including phenoxy) is 1. The third-order valence-electron chi connectivity index (χ3n) is 6.33. The molecule has 45 heavy (non-hydrogen) atoms.